The highest BCUT2D eigenvalue weighted by molar-refractivity contribution is 5.20. The summed E-state index contributed by atoms with van der Waals surface area (Å²) in [6, 6.07) is 9.32. The molecule has 116 valence electrons. The van der Waals surface area contributed by atoms with E-state index in [1.165, 1.54) is 0 Å². The average Bonchev–Trinajstić information content (AvgIpc) is 2.38. The summed E-state index contributed by atoms with van der Waals surface area (Å²) in [5.41, 5.74) is 0. The first-order valence-corrected chi connectivity index (χ1v) is 6.51. The summed E-state index contributed by atoms with van der Waals surface area (Å²) in [5, 5.41) is 28.1. The van der Waals surface area contributed by atoms with E-state index in [0.717, 1.165) is 5.75 Å². The van der Waals surface area contributed by atoms with Crippen LogP contribution in [0, 0.1) is 0 Å². The maximum Gasteiger partial charge on any atom is 0.137 e. The second-order valence-corrected chi connectivity index (χ2v) is 4.97. The van der Waals surface area contributed by atoms with Crippen LogP contribution in [0.1, 0.15) is 0 Å². The SMILES string of the molecule is C[N+](CCO)(CCO)CC(O)COc1ccccc1.[I-]. The van der Waals surface area contributed by atoms with Gasteiger partial charge in [0.2, 0.25) is 0 Å². The fraction of sp³-hybridized carbons (Fsp3) is 0.571. The van der Waals surface area contributed by atoms with Gasteiger partial charge in [-0.25, -0.2) is 0 Å². The molecule has 0 amide bonds. The molecule has 0 aromatic heterocycles. The van der Waals surface area contributed by atoms with Crippen molar-refractivity contribution in [3.05, 3.63) is 30.3 Å². The van der Waals surface area contributed by atoms with Crippen molar-refractivity contribution in [2.24, 2.45) is 0 Å². The molecule has 1 rings (SSSR count). The van der Waals surface area contributed by atoms with E-state index in [9.17, 15) is 5.11 Å². The lowest BCUT2D eigenvalue weighted by atomic mass is 10.2. The van der Waals surface area contributed by atoms with Gasteiger partial charge >= 0.3 is 0 Å². The molecule has 3 N–H and O–H groups in total. The van der Waals surface area contributed by atoms with Gasteiger partial charge in [-0.05, 0) is 12.1 Å². The van der Waals surface area contributed by atoms with Crippen molar-refractivity contribution in [1.29, 1.82) is 0 Å². The molecule has 20 heavy (non-hydrogen) atoms. The van der Waals surface area contributed by atoms with E-state index in [2.05, 4.69) is 0 Å². The predicted octanol–water partition coefficient (Wildman–Crippen LogP) is -3.14. The zero-order valence-corrected chi connectivity index (χ0v) is 13.9. The number of benzene rings is 1. The summed E-state index contributed by atoms with van der Waals surface area (Å²) < 4.78 is 5.91. The first-order valence-electron chi connectivity index (χ1n) is 6.51. The van der Waals surface area contributed by atoms with E-state index in [4.69, 9.17) is 14.9 Å². The quantitative estimate of drug-likeness (QED) is 0.305. The molecule has 0 aliphatic carbocycles. The molecular weight excluding hydrogens is 373 g/mol. The number of aliphatic hydroxyl groups excluding tert-OH is 3. The number of aliphatic hydroxyl groups is 3. The number of halogens is 1. The molecule has 0 aliphatic heterocycles. The first-order chi connectivity index (χ1) is 9.09. The smallest absolute Gasteiger partial charge is 0.137 e. The lowest BCUT2D eigenvalue weighted by Crippen LogP contribution is -3.00. The third-order valence-corrected chi connectivity index (χ3v) is 3.12. The van der Waals surface area contributed by atoms with E-state index in [1.54, 1.807) is 0 Å². The van der Waals surface area contributed by atoms with Gasteiger partial charge in [0.25, 0.3) is 0 Å². The number of quaternary nitrogens is 1. The van der Waals surface area contributed by atoms with Crippen LogP contribution in [-0.2, 0) is 0 Å². The van der Waals surface area contributed by atoms with Crippen LogP contribution in [-0.4, -0.2) is 72.4 Å². The normalized spacial score (nSPS) is 12.6. The van der Waals surface area contributed by atoms with E-state index >= 15 is 0 Å². The van der Waals surface area contributed by atoms with Gasteiger partial charge in [-0.2, -0.15) is 0 Å². The molecule has 6 heteroatoms. The summed E-state index contributed by atoms with van der Waals surface area (Å²) in [6.45, 7) is 1.71. The first kappa shape index (κ1) is 19.6. The van der Waals surface area contributed by atoms with Crippen LogP contribution in [0.4, 0.5) is 0 Å². The molecule has 1 aromatic rings. The molecule has 0 saturated heterocycles. The van der Waals surface area contributed by atoms with Crippen molar-refractivity contribution >= 4 is 0 Å². The lowest BCUT2D eigenvalue weighted by Gasteiger charge is -2.35. The van der Waals surface area contributed by atoms with Gasteiger partial charge < -0.3 is 48.5 Å². The summed E-state index contributed by atoms with van der Waals surface area (Å²) in [4.78, 5) is 0. The van der Waals surface area contributed by atoms with Gasteiger partial charge in [0.15, 0.2) is 0 Å². The molecule has 1 aromatic carbocycles. The van der Waals surface area contributed by atoms with E-state index in [-0.39, 0.29) is 43.8 Å². The van der Waals surface area contributed by atoms with Crippen LogP contribution >= 0.6 is 0 Å². The molecule has 0 fully saturated rings. The molecule has 0 radical (unpaired) electrons. The van der Waals surface area contributed by atoms with E-state index < -0.39 is 6.10 Å². The third-order valence-electron chi connectivity index (χ3n) is 3.12. The van der Waals surface area contributed by atoms with Crippen LogP contribution in [0.15, 0.2) is 30.3 Å². The van der Waals surface area contributed by atoms with Gasteiger partial charge in [0, 0.05) is 0 Å². The lowest BCUT2D eigenvalue weighted by molar-refractivity contribution is -0.913. The van der Waals surface area contributed by atoms with Crippen LogP contribution in [0.2, 0.25) is 0 Å². The average molecular weight is 397 g/mol. The maximum atomic E-state index is 10.00. The van der Waals surface area contributed by atoms with Crippen molar-refractivity contribution in [1.82, 2.24) is 0 Å². The zero-order chi connectivity index (χ0) is 14.1. The van der Waals surface area contributed by atoms with Gasteiger partial charge in [-0.3, -0.25) is 0 Å². The molecule has 1 unspecified atom stereocenters. The fourth-order valence-electron chi connectivity index (χ4n) is 2.05. The van der Waals surface area contributed by atoms with E-state index in [0.29, 0.717) is 24.1 Å². The maximum absolute atomic E-state index is 10.00. The van der Waals surface area contributed by atoms with Crippen molar-refractivity contribution in [3.63, 3.8) is 0 Å². The molecule has 0 saturated carbocycles. The topological polar surface area (TPSA) is 69.9 Å². The summed E-state index contributed by atoms with van der Waals surface area (Å²) in [5.74, 6) is 0.722. The number of likely N-dealkylation sites (N-methyl/N-ethyl adjacent to an activating group) is 1. The van der Waals surface area contributed by atoms with Crippen molar-refractivity contribution in [2.45, 2.75) is 6.10 Å². The number of ether oxygens (including phenoxy) is 1. The van der Waals surface area contributed by atoms with Crippen molar-refractivity contribution in [2.75, 3.05) is 46.5 Å². The Kier molecular flexibility index (Phi) is 10.1. The number of nitrogens with zero attached hydrogens (tertiary/aromatic N) is 1. The van der Waals surface area contributed by atoms with Crippen LogP contribution in [0.25, 0.3) is 0 Å². The predicted molar refractivity (Wildman–Crippen MR) is 72.9 cm³/mol. The van der Waals surface area contributed by atoms with Crippen LogP contribution in [0.3, 0.4) is 0 Å². The van der Waals surface area contributed by atoms with Gasteiger partial charge in [0.1, 0.15) is 38.1 Å². The Hall–Kier alpha value is -0.410. The molecule has 1 atom stereocenters. The minimum Gasteiger partial charge on any atom is -1.00 e. The molecular formula is C14H24INO4. The standard InChI is InChI=1S/C14H24NO4.HI/c1-15(7-9-16,8-10-17)11-13(18)12-19-14-5-3-2-4-6-14;/h2-6,13,16-18H,7-12H2,1H3;1H/q+1;/p-1. The highest BCUT2D eigenvalue weighted by Crippen LogP contribution is 2.10. The second-order valence-electron chi connectivity index (χ2n) is 4.97. The fourth-order valence-corrected chi connectivity index (χ4v) is 2.05. The Bertz CT molecular complexity index is 344. The van der Waals surface area contributed by atoms with Gasteiger partial charge in [-0.15, -0.1) is 0 Å². The molecule has 0 aliphatic rings. The van der Waals surface area contributed by atoms with Gasteiger partial charge in [0.05, 0.1) is 20.3 Å². The zero-order valence-electron chi connectivity index (χ0n) is 11.8. The highest BCUT2D eigenvalue weighted by atomic mass is 127. The Morgan fingerprint density at radius 2 is 1.65 bits per heavy atom. The molecule has 5 nitrogen and oxygen atoms in total. The second kappa shape index (κ2) is 10.3. The summed E-state index contributed by atoms with van der Waals surface area (Å²) in [7, 11) is 1.90. The minimum atomic E-state index is -0.636. The van der Waals surface area contributed by atoms with Crippen LogP contribution in [0.5, 0.6) is 5.75 Å². The highest BCUT2D eigenvalue weighted by Gasteiger charge is 2.24. The van der Waals surface area contributed by atoms with E-state index in [1.807, 2.05) is 37.4 Å². The Morgan fingerprint density at radius 1 is 1.10 bits per heavy atom. The Morgan fingerprint density at radius 3 is 2.15 bits per heavy atom. The largest absolute Gasteiger partial charge is 1.00 e. The number of rotatable bonds is 9. The van der Waals surface area contributed by atoms with Crippen LogP contribution < -0.4 is 28.7 Å². The number of para-hydroxylation sites is 1. The summed E-state index contributed by atoms with van der Waals surface area (Å²) >= 11 is 0. The number of hydrogen-bond acceptors (Lipinski definition) is 4. The summed E-state index contributed by atoms with van der Waals surface area (Å²) in [6.07, 6.45) is -0.636. The Labute approximate surface area is 137 Å². The minimum absolute atomic E-state index is 0. The monoisotopic (exact) mass is 397 g/mol. The van der Waals surface area contributed by atoms with Gasteiger partial charge in [-0.1, -0.05) is 18.2 Å². The third kappa shape index (κ3) is 7.39. The molecule has 0 spiro atoms. The molecule has 0 heterocycles. The number of hydrogen-bond donors (Lipinski definition) is 3. The Balaban J connectivity index is 0.00000361. The molecule has 0 bridgehead atoms. The van der Waals surface area contributed by atoms with Crippen molar-refractivity contribution in [3.8, 4) is 5.75 Å². The van der Waals surface area contributed by atoms with Crippen molar-refractivity contribution < 1.29 is 48.5 Å².